The zero-order valence-electron chi connectivity index (χ0n) is 10.8. The fourth-order valence-electron chi connectivity index (χ4n) is 1.83. The predicted octanol–water partition coefficient (Wildman–Crippen LogP) is 7.06. The van der Waals surface area contributed by atoms with Crippen LogP contribution >= 0.6 is 94.1 Å². The molecule has 0 aliphatic carbocycles. The van der Waals surface area contributed by atoms with Crippen LogP contribution in [0, 0.1) is 0 Å². The highest BCUT2D eigenvalue weighted by molar-refractivity contribution is 8.49. The van der Waals surface area contributed by atoms with Crippen molar-refractivity contribution in [3.05, 3.63) is 25.4 Å². The Morgan fingerprint density at radius 2 is 1.00 bits per heavy atom. The van der Waals surface area contributed by atoms with E-state index in [4.69, 9.17) is 0 Å². The van der Waals surface area contributed by atoms with Gasteiger partial charge in [0.05, 0.1) is 25.4 Å². The number of thioether (sulfide) groups is 8. The Kier molecular flexibility index (Phi) is 5.05. The van der Waals surface area contributed by atoms with E-state index >= 15 is 0 Å². The van der Waals surface area contributed by atoms with Crippen LogP contribution in [0.3, 0.4) is 0 Å². The highest BCUT2D eigenvalue weighted by Gasteiger charge is 2.36. The predicted molar refractivity (Wildman–Crippen MR) is 110 cm³/mol. The molecule has 2 saturated heterocycles. The first kappa shape index (κ1) is 15.5. The normalized spacial score (nSPS) is 33.9. The lowest BCUT2D eigenvalue weighted by Gasteiger charge is -2.06. The molecule has 0 amide bonds. The summed E-state index contributed by atoms with van der Waals surface area (Å²) in [7, 11) is 0. The standard InChI is InChI=1S/C12H12S8/c1-5-6(2)16-9(15-5)10-19-11-12(20-10)18-8(17-11)7-13-3-4-14-7/h5-6H,3-4H2,1-2H3/t5-,6-/m1/s1. The molecule has 20 heavy (non-hydrogen) atoms. The van der Waals surface area contributed by atoms with Crippen molar-refractivity contribution in [3.63, 3.8) is 0 Å². The van der Waals surface area contributed by atoms with Crippen molar-refractivity contribution in [1.82, 2.24) is 0 Å². The Bertz CT molecular complexity index is 504. The molecule has 0 N–H and O–H groups in total. The molecule has 0 bridgehead atoms. The van der Waals surface area contributed by atoms with Gasteiger partial charge in [0.1, 0.15) is 0 Å². The van der Waals surface area contributed by atoms with Gasteiger partial charge in [-0.3, -0.25) is 0 Å². The molecule has 4 rings (SSSR count). The average molecular weight is 413 g/mol. The summed E-state index contributed by atoms with van der Waals surface area (Å²) in [6.45, 7) is 4.70. The third-order valence-electron chi connectivity index (χ3n) is 3.04. The van der Waals surface area contributed by atoms with Crippen LogP contribution in [0.4, 0.5) is 0 Å². The Hall–Kier alpha value is 2.02. The lowest BCUT2D eigenvalue weighted by Crippen LogP contribution is -2.04. The first-order chi connectivity index (χ1) is 9.70. The van der Waals surface area contributed by atoms with Crippen molar-refractivity contribution < 1.29 is 0 Å². The third-order valence-corrected chi connectivity index (χ3v) is 15.6. The molecule has 0 unspecified atom stereocenters. The van der Waals surface area contributed by atoms with E-state index in [1.165, 1.54) is 24.2 Å². The van der Waals surface area contributed by atoms with Gasteiger partial charge in [-0.25, -0.2) is 0 Å². The van der Waals surface area contributed by atoms with Crippen LogP contribution in [0.15, 0.2) is 25.4 Å². The summed E-state index contributed by atoms with van der Waals surface area (Å²) in [6, 6.07) is 0. The van der Waals surface area contributed by atoms with Gasteiger partial charge in [-0.2, -0.15) is 0 Å². The van der Waals surface area contributed by atoms with E-state index in [-0.39, 0.29) is 0 Å². The minimum Gasteiger partial charge on any atom is -0.117 e. The maximum atomic E-state index is 2.35. The first-order valence-corrected chi connectivity index (χ1v) is 13.2. The summed E-state index contributed by atoms with van der Waals surface area (Å²) < 4.78 is 9.28. The van der Waals surface area contributed by atoms with E-state index in [2.05, 4.69) is 37.4 Å². The van der Waals surface area contributed by atoms with Gasteiger partial charge in [0.15, 0.2) is 0 Å². The zero-order valence-corrected chi connectivity index (χ0v) is 17.4. The van der Waals surface area contributed by atoms with Gasteiger partial charge in [-0.05, 0) is 0 Å². The fourth-order valence-corrected chi connectivity index (χ4v) is 14.6. The molecule has 0 radical (unpaired) electrons. The van der Waals surface area contributed by atoms with E-state index < -0.39 is 0 Å². The molecule has 0 spiro atoms. The van der Waals surface area contributed by atoms with Crippen LogP contribution in [0.25, 0.3) is 0 Å². The molecule has 0 saturated carbocycles. The SMILES string of the molecule is C[C@H]1SC(=C2SC3=C(SC(=C4SCCS4)S3)S2)S[C@@H]1C. The monoisotopic (exact) mass is 412 g/mol. The molecule has 8 heteroatoms. The summed E-state index contributed by atoms with van der Waals surface area (Å²) in [5.74, 6) is 2.57. The third kappa shape index (κ3) is 3.01. The van der Waals surface area contributed by atoms with Crippen LogP contribution in [0.1, 0.15) is 13.8 Å². The smallest absolute Gasteiger partial charge is 0.0718 e. The largest absolute Gasteiger partial charge is 0.117 e. The van der Waals surface area contributed by atoms with Crippen molar-refractivity contribution in [2.75, 3.05) is 11.5 Å². The molecule has 0 nitrogen and oxygen atoms in total. The summed E-state index contributed by atoms with van der Waals surface area (Å²) in [6.07, 6.45) is 0. The van der Waals surface area contributed by atoms with Gasteiger partial charge in [0.25, 0.3) is 0 Å². The lowest BCUT2D eigenvalue weighted by molar-refractivity contribution is 0.941. The van der Waals surface area contributed by atoms with Gasteiger partial charge < -0.3 is 0 Å². The van der Waals surface area contributed by atoms with Crippen molar-refractivity contribution >= 4 is 94.1 Å². The van der Waals surface area contributed by atoms with Crippen molar-refractivity contribution in [2.45, 2.75) is 24.3 Å². The summed E-state index contributed by atoms with van der Waals surface area (Å²) in [5.41, 5.74) is 0. The molecule has 2 atom stereocenters. The van der Waals surface area contributed by atoms with Crippen molar-refractivity contribution in [2.24, 2.45) is 0 Å². The molecule has 4 aliphatic heterocycles. The fraction of sp³-hybridized carbons (Fsp3) is 0.500. The number of hydrogen-bond acceptors (Lipinski definition) is 8. The Morgan fingerprint density at radius 3 is 1.50 bits per heavy atom. The second-order valence-electron chi connectivity index (χ2n) is 4.48. The minimum absolute atomic E-state index is 0.753. The van der Waals surface area contributed by atoms with Crippen molar-refractivity contribution in [1.29, 1.82) is 0 Å². The highest BCUT2D eigenvalue weighted by atomic mass is 32.3. The minimum atomic E-state index is 0.753. The molecule has 0 aromatic rings. The molecule has 108 valence electrons. The number of hydrogen-bond donors (Lipinski definition) is 0. The van der Waals surface area contributed by atoms with Crippen LogP contribution in [-0.4, -0.2) is 22.0 Å². The van der Waals surface area contributed by atoms with Crippen LogP contribution in [0.2, 0.25) is 0 Å². The maximum absolute atomic E-state index is 2.35. The van der Waals surface area contributed by atoms with Crippen LogP contribution in [0.5, 0.6) is 0 Å². The van der Waals surface area contributed by atoms with E-state index in [1.54, 1.807) is 12.7 Å². The molecule has 4 aliphatic rings. The van der Waals surface area contributed by atoms with Crippen molar-refractivity contribution in [3.8, 4) is 0 Å². The second kappa shape index (κ2) is 6.49. The number of rotatable bonds is 0. The molecular formula is C12H12S8. The first-order valence-electron chi connectivity index (χ1n) is 6.24. The lowest BCUT2D eigenvalue weighted by atomic mass is 10.4. The molecule has 0 aromatic carbocycles. The van der Waals surface area contributed by atoms with E-state index in [0.717, 1.165) is 10.5 Å². The van der Waals surface area contributed by atoms with E-state index in [9.17, 15) is 0 Å². The Labute approximate surface area is 154 Å². The summed E-state index contributed by atoms with van der Waals surface area (Å²) >= 11 is 16.3. The van der Waals surface area contributed by atoms with E-state index in [0.29, 0.717) is 0 Å². The van der Waals surface area contributed by atoms with E-state index in [1.807, 2.05) is 70.6 Å². The zero-order chi connectivity index (χ0) is 13.7. The molecule has 2 fully saturated rings. The Morgan fingerprint density at radius 1 is 0.600 bits per heavy atom. The van der Waals surface area contributed by atoms with Gasteiger partial charge in [0, 0.05) is 22.0 Å². The molecule has 4 heterocycles. The topological polar surface area (TPSA) is 0 Å². The average Bonchev–Trinajstić information content (AvgIpc) is 3.12. The molecule has 0 aromatic heterocycles. The van der Waals surface area contributed by atoms with Gasteiger partial charge >= 0.3 is 0 Å². The van der Waals surface area contributed by atoms with Gasteiger partial charge in [0.2, 0.25) is 0 Å². The maximum Gasteiger partial charge on any atom is 0.0718 e. The van der Waals surface area contributed by atoms with Crippen LogP contribution in [-0.2, 0) is 0 Å². The van der Waals surface area contributed by atoms with Gasteiger partial charge in [-0.15, -0.1) is 47.0 Å². The van der Waals surface area contributed by atoms with Gasteiger partial charge in [-0.1, -0.05) is 60.9 Å². The second-order valence-corrected chi connectivity index (χ2v) is 15.1. The summed E-state index contributed by atoms with van der Waals surface area (Å²) in [4.78, 5) is 0. The highest BCUT2D eigenvalue weighted by Crippen LogP contribution is 2.70. The molecular weight excluding hydrogens is 401 g/mol. The Balaban J connectivity index is 1.48. The van der Waals surface area contributed by atoms with Crippen LogP contribution < -0.4 is 0 Å². The quantitative estimate of drug-likeness (QED) is 0.409. The summed E-state index contributed by atoms with van der Waals surface area (Å²) in [5, 5.41) is 1.51.